The van der Waals surface area contributed by atoms with Gasteiger partial charge in [-0.15, -0.1) is 0 Å². The molecule has 0 aromatic heterocycles. The Hall–Kier alpha value is -2.20. The number of nitrogens with one attached hydrogen (secondary N) is 1. The standard InChI is InChI=1S/C16H17ClN2O2/c1-11-2-5-13(8-15(11)17)19-9-12-3-6-14(7-4-12)21-10-16(18)20/h2-8,19H,9-10H2,1H3,(H2,18,20). The molecule has 21 heavy (non-hydrogen) atoms. The predicted molar refractivity (Wildman–Crippen MR) is 84.6 cm³/mol. The Kier molecular flexibility index (Phi) is 5.06. The van der Waals surface area contributed by atoms with Crippen LogP contribution in [0, 0.1) is 6.92 Å². The van der Waals surface area contributed by atoms with Crippen LogP contribution in [0.4, 0.5) is 5.69 Å². The summed E-state index contributed by atoms with van der Waals surface area (Å²) in [6, 6.07) is 13.3. The van der Waals surface area contributed by atoms with Crippen LogP contribution < -0.4 is 15.8 Å². The van der Waals surface area contributed by atoms with Gasteiger partial charge in [-0.25, -0.2) is 0 Å². The number of rotatable bonds is 6. The lowest BCUT2D eigenvalue weighted by Gasteiger charge is -2.09. The van der Waals surface area contributed by atoms with E-state index in [1.165, 1.54) is 0 Å². The summed E-state index contributed by atoms with van der Waals surface area (Å²) in [7, 11) is 0. The molecule has 0 radical (unpaired) electrons. The Labute approximate surface area is 128 Å². The lowest BCUT2D eigenvalue weighted by atomic mass is 10.2. The normalized spacial score (nSPS) is 10.2. The van der Waals surface area contributed by atoms with Crippen molar-refractivity contribution >= 4 is 23.2 Å². The first kappa shape index (κ1) is 15.2. The van der Waals surface area contributed by atoms with Crippen molar-refractivity contribution < 1.29 is 9.53 Å². The molecular weight excluding hydrogens is 288 g/mol. The Morgan fingerprint density at radius 3 is 2.57 bits per heavy atom. The average molecular weight is 305 g/mol. The highest BCUT2D eigenvalue weighted by molar-refractivity contribution is 6.31. The molecule has 4 nitrogen and oxygen atoms in total. The second kappa shape index (κ2) is 6.99. The quantitative estimate of drug-likeness (QED) is 0.862. The van der Waals surface area contributed by atoms with Gasteiger partial charge >= 0.3 is 0 Å². The van der Waals surface area contributed by atoms with Crippen molar-refractivity contribution in [1.82, 2.24) is 0 Å². The molecule has 0 fully saturated rings. The Morgan fingerprint density at radius 2 is 1.95 bits per heavy atom. The van der Waals surface area contributed by atoms with Gasteiger partial charge in [-0.3, -0.25) is 4.79 Å². The van der Waals surface area contributed by atoms with Crippen LogP contribution in [-0.4, -0.2) is 12.5 Å². The minimum absolute atomic E-state index is 0.112. The molecule has 2 aromatic carbocycles. The van der Waals surface area contributed by atoms with E-state index in [0.717, 1.165) is 21.8 Å². The molecule has 2 rings (SSSR count). The number of carbonyl (C=O) groups is 1. The molecule has 3 N–H and O–H groups in total. The maximum atomic E-state index is 10.6. The van der Waals surface area contributed by atoms with Gasteiger partial charge in [-0.2, -0.15) is 0 Å². The maximum Gasteiger partial charge on any atom is 0.255 e. The number of primary amides is 1. The minimum Gasteiger partial charge on any atom is -0.484 e. The van der Waals surface area contributed by atoms with Crippen LogP contribution in [0.15, 0.2) is 42.5 Å². The van der Waals surface area contributed by atoms with Crippen molar-refractivity contribution in [2.75, 3.05) is 11.9 Å². The summed E-state index contributed by atoms with van der Waals surface area (Å²) in [5.74, 6) is 0.132. The number of hydrogen-bond acceptors (Lipinski definition) is 3. The second-order valence-corrected chi connectivity index (χ2v) is 5.12. The van der Waals surface area contributed by atoms with Crippen LogP contribution in [0.25, 0.3) is 0 Å². The molecule has 1 amide bonds. The molecular formula is C16H17ClN2O2. The van der Waals surface area contributed by atoms with E-state index in [-0.39, 0.29) is 6.61 Å². The first-order valence-electron chi connectivity index (χ1n) is 6.54. The van der Waals surface area contributed by atoms with Crippen LogP contribution in [0.2, 0.25) is 5.02 Å². The Morgan fingerprint density at radius 1 is 1.24 bits per heavy atom. The smallest absolute Gasteiger partial charge is 0.255 e. The summed E-state index contributed by atoms with van der Waals surface area (Å²) < 4.78 is 5.20. The number of aryl methyl sites for hydroxylation is 1. The van der Waals surface area contributed by atoms with Gasteiger partial charge in [0, 0.05) is 17.3 Å². The summed E-state index contributed by atoms with van der Waals surface area (Å²) in [4.78, 5) is 10.6. The van der Waals surface area contributed by atoms with E-state index in [2.05, 4.69) is 5.32 Å². The van der Waals surface area contributed by atoms with Crippen molar-refractivity contribution in [2.24, 2.45) is 5.73 Å². The van der Waals surface area contributed by atoms with Gasteiger partial charge in [-0.05, 0) is 42.3 Å². The van der Waals surface area contributed by atoms with Crippen LogP contribution in [0.3, 0.4) is 0 Å². The molecule has 0 spiro atoms. The van der Waals surface area contributed by atoms with Gasteiger partial charge in [0.2, 0.25) is 0 Å². The van der Waals surface area contributed by atoms with E-state index in [4.69, 9.17) is 22.1 Å². The number of halogens is 1. The van der Waals surface area contributed by atoms with Gasteiger partial charge in [-0.1, -0.05) is 29.8 Å². The Balaban J connectivity index is 1.91. The lowest BCUT2D eigenvalue weighted by Crippen LogP contribution is -2.19. The summed E-state index contributed by atoms with van der Waals surface area (Å²) in [5, 5.41) is 4.04. The van der Waals surface area contributed by atoms with Gasteiger partial charge in [0.15, 0.2) is 6.61 Å². The molecule has 0 atom stereocenters. The third-order valence-electron chi connectivity index (χ3n) is 2.97. The predicted octanol–water partition coefficient (Wildman–Crippen LogP) is 3.12. The second-order valence-electron chi connectivity index (χ2n) is 4.72. The summed E-state index contributed by atoms with van der Waals surface area (Å²) in [5.41, 5.74) is 8.14. The number of amides is 1. The van der Waals surface area contributed by atoms with E-state index in [1.807, 2.05) is 49.4 Å². The van der Waals surface area contributed by atoms with Gasteiger partial charge in [0.1, 0.15) is 5.75 Å². The summed E-state index contributed by atoms with van der Waals surface area (Å²) in [6.45, 7) is 2.53. The van der Waals surface area contributed by atoms with E-state index >= 15 is 0 Å². The molecule has 2 aromatic rings. The SMILES string of the molecule is Cc1ccc(NCc2ccc(OCC(N)=O)cc2)cc1Cl. The number of carbonyl (C=O) groups excluding carboxylic acids is 1. The van der Waals surface area contributed by atoms with Crippen LogP contribution in [0.5, 0.6) is 5.75 Å². The van der Waals surface area contributed by atoms with Crippen LogP contribution in [0.1, 0.15) is 11.1 Å². The zero-order chi connectivity index (χ0) is 15.2. The highest BCUT2D eigenvalue weighted by Gasteiger charge is 2.00. The average Bonchev–Trinajstić information content (AvgIpc) is 2.47. The molecule has 5 heteroatoms. The van der Waals surface area contributed by atoms with Gasteiger partial charge in [0.05, 0.1) is 0 Å². The largest absolute Gasteiger partial charge is 0.484 e. The van der Waals surface area contributed by atoms with Crippen molar-refractivity contribution in [3.63, 3.8) is 0 Å². The highest BCUT2D eigenvalue weighted by atomic mass is 35.5. The monoisotopic (exact) mass is 304 g/mol. The number of hydrogen-bond donors (Lipinski definition) is 2. The molecule has 0 aliphatic rings. The van der Waals surface area contributed by atoms with Crippen molar-refractivity contribution in [3.05, 3.63) is 58.6 Å². The molecule has 0 heterocycles. The zero-order valence-electron chi connectivity index (χ0n) is 11.7. The van der Waals surface area contributed by atoms with Crippen LogP contribution >= 0.6 is 11.6 Å². The summed E-state index contributed by atoms with van der Waals surface area (Å²) >= 11 is 6.08. The number of benzene rings is 2. The fraction of sp³-hybridized carbons (Fsp3) is 0.188. The molecule has 0 aliphatic carbocycles. The van der Waals surface area contributed by atoms with Crippen molar-refractivity contribution in [1.29, 1.82) is 0 Å². The number of ether oxygens (including phenoxy) is 1. The van der Waals surface area contributed by atoms with Crippen molar-refractivity contribution in [3.8, 4) is 5.75 Å². The van der Waals surface area contributed by atoms with E-state index in [0.29, 0.717) is 12.3 Å². The molecule has 0 bridgehead atoms. The first-order chi connectivity index (χ1) is 10.0. The van der Waals surface area contributed by atoms with Gasteiger partial charge < -0.3 is 15.8 Å². The molecule has 110 valence electrons. The fourth-order valence-corrected chi connectivity index (χ4v) is 1.95. The number of nitrogens with two attached hydrogens (primary N) is 1. The zero-order valence-corrected chi connectivity index (χ0v) is 12.5. The third-order valence-corrected chi connectivity index (χ3v) is 3.38. The summed E-state index contributed by atoms with van der Waals surface area (Å²) in [6.07, 6.45) is 0. The van der Waals surface area contributed by atoms with Crippen molar-refractivity contribution in [2.45, 2.75) is 13.5 Å². The maximum absolute atomic E-state index is 10.6. The minimum atomic E-state index is -0.489. The van der Waals surface area contributed by atoms with Crippen LogP contribution in [-0.2, 0) is 11.3 Å². The lowest BCUT2D eigenvalue weighted by molar-refractivity contribution is -0.119. The molecule has 0 saturated heterocycles. The van der Waals surface area contributed by atoms with E-state index < -0.39 is 5.91 Å². The topological polar surface area (TPSA) is 64.3 Å². The number of anilines is 1. The molecule has 0 unspecified atom stereocenters. The molecule has 0 saturated carbocycles. The van der Waals surface area contributed by atoms with E-state index in [1.54, 1.807) is 0 Å². The third kappa shape index (κ3) is 4.68. The first-order valence-corrected chi connectivity index (χ1v) is 6.92. The Bertz CT molecular complexity index is 627. The highest BCUT2D eigenvalue weighted by Crippen LogP contribution is 2.20. The van der Waals surface area contributed by atoms with Gasteiger partial charge in [0.25, 0.3) is 5.91 Å². The van der Waals surface area contributed by atoms with E-state index in [9.17, 15) is 4.79 Å². The fourth-order valence-electron chi connectivity index (χ4n) is 1.76. The molecule has 0 aliphatic heterocycles.